The van der Waals surface area contributed by atoms with Crippen LogP contribution < -0.4 is 0 Å². The minimum Gasteiger partial charge on any atom is -0.285 e. The zero-order valence-corrected chi connectivity index (χ0v) is 11.3. The van der Waals surface area contributed by atoms with Crippen molar-refractivity contribution in [1.82, 2.24) is 14.8 Å². The Bertz CT molecular complexity index is 604. The second-order valence-corrected chi connectivity index (χ2v) is 4.57. The Balaban J connectivity index is 2.51. The highest BCUT2D eigenvalue weighted by Crippen LogP contribution is 2.20. The highest BCUT2D eigenvalue weighted by Gasteiger charge is 2.21. The molecule has 0 N–H and O–H groups in total. The molecule has 2 aromatic rings. The molecule has 0 spiro atoms. The van der Waals surface area contributed by atoms with Gasteiger partial charge in [-0.15, -0.1) is 0 Å². The minimum atomic E-state index is -0.183. The van der Waals surface area contributed by atoms with E-state index < -0.39 is 0 Å². The SMILES string of the molecule is CCn1ncc(Cl)c1C(=O)c1ncc(C)cc1C. The highest BCUT2D eigenvalue weighted by atomic mass is 35.5. The molecule has 5 heteroatoms. The molecular weight excluding hydrogens is 250 g/mol. The van der Waals surface area contributed by atoms with Crippen molar-refractivity contribution in [2.45, 2.75) is 27.3 Å². The number of carbonyl (C=O) groups is 1. The Labute approximate surface area is 111 Å². The number of ketones is 1. The van der Waals surface area contributed by atoms with Crippen LogP contribution in [0, 0.1) is 13.8 Å². The summed E-state index contributed by atoms with van der Waals surface area (Å²) in [7, 11) is 0. The van der Waals surface area contributed by atoms with Gasteiger partial charge in [-0.05, 0) is 31.9 Å². The van der Waals surface area contributed by atoms with Crippen LogP contribution in [0.5, 0.6) is 0 Å². The maximum atomic E-state index is 12.4. The molecule has 4 nitrogen and oxygen atoms in total. The van der Waals surface area contributed by atoms with Gasteiger partial charge in [-0.2, -0.15) is 5.10 Å². The van der Waals surface area contributed by atoms with Crippen LogP contribution in [-0.2, 0) is 6.54 Å². The summed E-state index contributed by atoms with van der Waals surface area (Å²) in [6.07, 6.45) is 3.17. The van der Waals surface area contributed by atoms with Crippen LogP contribution in [-0.4, -0.2) is 20.5 Å². The molecule has 0 aromatic carbocycles. The Morgan fingerprint density at radius 3 is 2.72 bits per heavy atom. The van der Waals surface area contributed by atoms with Crippen LogP contribution in [0.1, 0.15) is 34.2 Å². The van der Waals surface area contributed by atoms with Crippen molar-refractivity contribution in [2.75, 3.05) is 0 Å². The summed E-state index contributed by atoms with van der Waals surface area (Å²) in [4.78, 5) is 16.6. The zero-order chi connectivity index (χ0) is 13.3. The molecule has 0 aliphatic rings. The molecule has 0 radical (unpaired) electrons. The van der Waals surface area contributed by atoms with Gasteiger partial charge in [0, 0.05) is 12.7 Å². The molecule has 18 heavy (non-hydrogen) atoms. The van der Waals surface area contributed by atoms with Crippen LogP contribution in [0.4, 0.5) is 0 Å². The summed E-state index contributed by atoms with van der Waals surface area (Å²) in [5.74, 6) is -0.183. The normalized spacial score (nSPS) is 10.7. The number of rotatable bonds is 3. The summed E-state index contributed by atoms with van der Waals surface area (Å²) >= 11 is 6.02. The average Bonchev–Trinajstić information content (AvgIpc) is 2.69. The molecule has 0 fully saturated rings. The molecule has 0 aliphatic carbocycles. The van der Waals surface area contributed by atoms with E-state index in [0.717, 1.165) is 11.1 Å². The van der Waals surface area contributed by atoms with Crippen LogP contribution in [0.3, 0.4) is 0 Å². The summed E-state index contributed by atoms with van der Waals surface area (Å²) in [6.45, 7) is 6.32. The van der Waals surface area contributed by atoms with Gasteiger partial charge < -0.3 is 0 Å². The Kier molecular flexibility index (Phi) is 3.48. The number of hydrogen-bond acceptors (Lipinski definition) is 3. The highest BCUT2D eigenvalue weighted by molar-refractivity contribution is 6.34. The van der Waals surface area contributed by atoms with Crippen molar-refractivity contribution in [1.29, 1.82) is 0 Å². The number of nitrogens with zero attached hydrogens (tertiary/aromatic N) is 3. The van der Waals surface area contributed by atoms with Gasteiger partial charge in [0.25, 0.3) is 0 Å². The van der Waals surface area contributed by atoms with E-state index >= 15 is 0 Å². The molecule has 0 amide bonds. The van der Waals surface area contributed by atoms with Gasteiger partial charge in [-0.3, -0.25) is 14.5 Å². The number of carbonyl (C=O) groups excluding carboxylic acids is 1. The van der Waals surface area contributed by atoms with Crippen molar-refractivity contribution in [3.63, 3.8) is 0 Å². The number of hydrogen-bond donors (Lipinski definition) is 0. The molecule has 0 atom stereocenters. The Morgan fingerprint density at radius 2 is 2.11 bits per heavy atom. The molecule has 0 saturated carbocycles. The second-order valence-electron chi connectivity index (χ2n) is 4.16. The second kappa shape index (κ2) is 4.90. The molecule has 2 heterocycles. The quantitative estimate of drug-likeness (QED) is 0.800. The standard InChI is InChI=1S/C13H14ClN3O/c1-4-17-12(10(14)7-16-17)13(18)11-9(3)5-8(2)6-15-11/h5-7H,4H2,1-3H3. The molecule has 0 saturated heterocycles. The first-order valence-electron chi connectivity index (χ1n) is 5.73. The van der Waals surface area contributed by atoms with E-state index in [2.05, 4.69) is 10.1 Å². The van der Waals surface area contributed by atoms with E-state index in [1.807, 2.05) is 26.8 Å². The monoisotopic (exact) mass is 263 g/mol. The number of aryl methyl sites for hydroxylation is 3. The lowest BCUT2D eigenvalue weighted by Crippen LogP contribution is -2.13. The number of aromatic nitrogens is 3. The molecule has 0 unspecified atom stereocenters. The van der Waals surface area contributed by atoms with Crippen molar-refractivity contribution in [3.05, 3.63) is 46.0 Å². The molecule has 0 aliphatic heterocycles. The van der Waals surface area contributed by atoms with E-state index in [0.29, 0.717) is 23.0 Å². The van der Waals surface area contributed by atoms with Crippen molar-refractivity contribution >= 4 is 17.4 Å². The third kappa shape index (κ3) is 2.16. The first kappa shape index (κ1) is 12.8. The van der Waals surface area contributed by atoms with Gasteiger partial charge in [0.15, 0.2) is 0 Å². The lowest BCUT2D eigenvalue weighted by molar-refractivity contribution is 0.102. The molecule has 94 valence electrons. The van der Waals surface area contributed by atoms with Gasteiger partial charge in [0.05, 0.1) is 11.2 Å². The predicted octanol–water partition coefficient (Wildman–Crippen LogP) is 2.80. The third-order valence-electron chi connectivity index (χ3n) is 2.74. The maximum absolute atomic E-state index is 12.4. The molecule has 2 rings (SSSR count). The number of halogens is 1. The molecule has 2 aromatic heterocycles. The third-order valence-corrected chi connectivity index (χ3v) is 3.02. The fourth-order valence-electron chi connectivity index (χ4n) is 1.89. The molecule has 0 bridgehead atoms. The number of pyridine rings is 1. The smallest absolute Gasteiger partial charge is 0.231 e. The summed E-state index contributed by atoms with van der Waals surface area (Å²) in [5.41, 5.74) is 2.70. The van der Waals surface area contributed by atoms with E-state index in [4.69, 9.17) is 11.6 Å². The minimum absolute atomic E-state index is 0.183. The van der Waals surface area contributed by atoms with Crippen LogP contribution in [0.25, 0.3) is 0 Å². The lowest BCUT2D eigenvalue weighted by atomic mass is 10.1. The topological polar surface area (TPSA) is 47.8 Å². The summed E-state index contributed by atoms with van der Waals surface area (Å²) < 4.78 is 1.59. The first-order chi connectivity index (χ1) is 8.54. The van der Waals surface area contributed by atoms with Crippen molar-refractivity contribution in [3.8, 4) is 0 Å². The van der Waals surface area contributed by atoms with Gasteiger partial charge in [0.2, 0.25) is 5.78 Å². The summed E-state index contributed by atoms with van der Waals surface area (Å²) in [6, 6.07) is 1.93. The van der Waals surface area contributed by atoms with Crippen LogP contribution >= 0.6 is 11.6 Å². The van der Waals surface area contributed by atoms with E-state index in [9.17, 15) is 4.79 Å². The first-order valence-corrected chi connectivity index (χ1v) is 6.11. The fourth-order valence-corrected chi connectivity index (χ4v) is 2.12. The van der Waals surface area contributed by atoms with Crippen LogP contribution in [0.2, 0.25) is 5.02 Å². The van der Waals surface area contributed by atoms with Crippen molar-refractivity contribution in [2.24, 2.45) is 0 Å². The van der Waals surface area contributed by atoms with E-state index in [1.165, 1.54) is 6.20 Å². The lowest BCUT2D eigenvalue weighted by Gasteiger charge is -2.07. The van der Waals surface area contributed by atoms with Crippen LogP contribution in [0.15, 0.2) is 18.5 Å². The molecular formula is C13H14ClN3O. The summed E-state index contributed by atoms with van der Waals surface area (Å²) in [5, 5.41) is 4.43. The predicted molar refractivity (Wildman–Crippen MR) is 70.1 cm³/mol. The largest absolute Gasteiger partial charge is 0.285 e. The van der Waals surface area contributed by atoms with Gasteiger partial charge in [0.1, 0.15) is 11.4 Å². The Morgan fingerprint density at radius 1 is 1.39 bits per heavy atom. The van der Waals surface area contributed by atoms with E-state index in [1.54, 1.807) is 10.9 Å². The van der Waals surface area contributed by atoms with Gasteiger partial charge in [-0.1, -0.05) is 17.7 Å². The average molecular weight is 264 g/mol. The van der Waals surface area contributed by atoms with Crippen molar-refractivity contribution < 1.29 is 4.79 Å². The van der Waals surface area contributed by atoms with Gasteiger partial charge >= 0.3 is 0 Å². The fraction of sp³-hybridized carbons (Fsp3) is 0.308. The van der Waals surface area contributed by atoms with Gasteiger partial charge in [-0.25, -0.2) is 0 Å². The zero-order valence-electron chi connectivity index (χ0n) is 10.6. The van der Waals surface area contributed by atoms with E-state index in [-0.39, 0.29) is 5.78 Å². The Hall–Kier alpha value is -1.68. The maximum Gasteiger partial charge on any atom is 0.231 e.